The van der Waals surface area contributed by atoms with Gasteiger partial charge in [-0.15, -0.1) is 0 Å². The fourth-order valence-corrected chi connectivity index (χ4v) is 4.52. The van der Waals surface area contributed by atoms with Crippen LogP contribution in [0.5, 0.6) is 11.5 Å². The zero-order valence-corrected chi connectivity index (χ0v) is 16.6. The SMILES string of the molecule is COc1cc2c(cc1NS(=O)(=O)c1ccc3c(c1)NC(=O)CO3)oc1ccccc12. The molecule has 1 aromatic heterocycles. The predicted octanol–water partition coefficient (Wildman–Crippen LogP) is 3.73. The molecule has 152 valence electrons. The molecule has 1 aliphatic rings. The highest BCUT2D eigenvalue weighted by atomic mass is 32.2. The van der Waals surface area contributed by atoms with E-state index in [2.05, 4.69) is 10.0 Å². The Hall–Kier alpha value is -3.72. The summed E-state index contributed by atoms with van der Waals surface area (Å²) in [7, 11) is -2.51. The molecule has 0 saturated carbocycles. The number of anilines is 2. The van der Waals surface area contributed by atoms with E-state index in [-0.39, 0.29) is 23.1 Å². The van der Waals surface area contributed by atoms with Crippen LogP contribution in [0.1, 0.15) is 0 Å². The molecule has 30 heavy (non-hydrogen) atoms. The molecule has 3 aromatic carbocycles. The largest absolute Gasteiger partial charge is 0.495 e. The molecule has 0 unspecified atom stereocenters. The summed E-state index contributed by atoms with van der Waals surface area (Å²) in [6.45, 7) is -0.105. The maximum atomic E-state index is 13.0. The first-order valence-corrected chi connectivity index (χ1v) is 10.5. The third-order valence-electron chi connectivity index (χ3n) is 4.84. The molecule has 1 amide bonds. The van der Waals surface area contributed by atoms with Crippen molar-refractivity contribution in [3.8, 4) is 11.5 Å². The first-order valence-electron chi connectivity index (χ1n) is 9.03. The number of hydrogen-bond donors (Lipinski definition) is 2. The van der Waals surface area contributed by atoms with Crippen LogP contribution in [0.4, 0.5) is 11.4 Å². The number of sulfonamides is 1. The molecule has 0 aliphatic carbocycles. The van der Waals surface area contributed by atoms with Crippen LogP contribution in [0, 0.1) is 0 Å². The number of ether oxygens (including phenoxy) is 2. The zero-order chi connectivity index (χ0) is 20.9. The third kappa shape index (κ3) is 3.00. The maximum Gasteiger partial charge on any atom is 0.262 e. The van der Waals surface area contributed by atoms with Gasteiger partial charge in [0, 0.05) is 16.8 Å². The Bertz CT molecular complexity index is 1420. The Morgan fingerprint density at radius 1 is 1.03 bits per heavy atom. The van der Waals surface area contributed by atoms with Crippen molar-refractivity contribution < 1.29 is 27.1 Å². The number of carbonyl (C=O) groups is 1. The van der Waals surface area contributed by atoms with Crippen LogP contribution in [0.25, 0.3) is 21.9 Å². The first-order chi connectivity index (χ1) is 14.4. The Balaban J connectivity index is 1.56. The summed E-state index contributed by atoms with van der Waals surface area (Å²) in [6.07, 6.45) is 0. The van der Waals surface area contributed by atoms with E-state index in [0.717, 1.165) is 10.8 Å². The van der Waals surface area contributed by atoms with Gasteiger partial charge in [-0.05, 0) is 30.3 Å². The molecule has 0 saturated heterocycles. The number of hydrogen-bond acceptors (Lipinski definition) is 6. The Labute approximate surface area is 171 Å². The van der Waals surface area contributed by atoms with E-state index in [9.17, 15) is 13.2 Å². The lowest BCUT2D eigenvalue weighted by Crippen LogP contribution is -2.25. The highest BCUT2D eigenvalue weighted by Crippen LogP contribution is 2.38. The molecule has 0 spiro atoms. The number of benzene rings is 3. The Kier molecular flexibility index (Phi) is 4.07. The van der Waals surface area contributed by atoms with Gasteiger partial charge in [-0.1, -0.05) is 18.2 Å². The van der Waals surface area contributed by atoms with E-state index in [1.165, 1.54) is 25.3 Å². The third-order valence-corrected chi connectivity index (χ3v) is 6.20. The van der Waals surface area contributed by atoms with Crippen LogP contribution in [-0.4, -0.2) is 28.0 Å². The van der Waals surface area contributed by atoms with Gasteiger partial charge in [0.15, 0.2) is 6.61 Å². The number of fused-ring (bicyclic) bond motifs is 4. The summed E-state index contributed by atoms with van der Waals surface area (Å²) in [5.74, 6) is 0.420. The molecular weight excluding hydrogens is 408 g/mol. The highest BCUT2D eigenvalue weighted by Gasteiger charge is 2.23. The van der Waals surface area contributed by atoms with Gasteiger partial charge < -0.3 is 19.2 Å². The smallest absolute Gasteiger partial charge is 0.262 e. The molecule has 1 aliphatic heterocycles. The summed E-state index contributed by atoms with van der Waals surface area (Å²) in [5, 5.41) is 4.33. The summed E-state index contributed by atoms with van der Waals surface area (Å²) in [5.41, 5.74) is 1.76. The van der Waals surface area contributed by atoms with Crippen molar-refractivity contribution in [3.63, 3.8) is 0 Å². The molecule has 0 atom stereocenters. The Morgan fingerprint density at radius 2 is 1.87 bits per heavy atom. The van der Waals surface area contributed by atoms with E-state index in [0.29, 0.717) is 28.4 Å². The zero-order valence-electron chi connectivity index (χ0n) is 15.8. The lowest BCUT2D eigenvalue weighted by molar-refractivity contribution is -0.118. The summed E-state index contributed by atoms with van der Waals surface area (Å²) in [6, 6.07) is 15.1. The van der Waals surface area contributed by atoms with Crippen molar-refractivity contribution in [2.24, 2.45) is 0 Å². The number of nitrogens with one attached hydrogen (secondary N) is 2. The predicted molar refractivity (Wildman–Crippen MR) is 112 cm³/mol. The molecule has 2 N–H and O–H groups in total. The lowest BCUT2D eigenvalue weighted by Gasteiger charge is -2.19. The summed E-state index contributed by atoms with van der Waals surface area (Å²) < 4.78 is 45.1. The van der Waals surface area contributed by atoms with Crippen LogP contribution in [-0.2, 0) is 14.8 Å². The highest BCUT2D eigenvalue weighted by molar-refractivity contribution is 7.92. The van der Waals surface area contributed by atoms with E-state index >= 15 is 0 Å². The summed E-state index contributed by atoms with van der Waals surface area (Å²) >= 11 is 0. The van der Waals surface area contributed by atoms with Crippen molar-refractivity contribution >= 4 is 49.2 Å². The number of amides is 1. The van der Waals surface area contributed by atoms with E-state index in [4.69, 9.17) is 13.9 Å². The van der Waals surface area contributed by atoms with E-state index in [1.807, 2.05) is 24.3 Å². The standard InChI is InChI=1S/C21H16N2O6S/c1-27-20-9-14-13-4-2-3-5-17(13)29-19(14)10-16(20)23-30(25,26)12-6-7-18-15(8-12)22-21(24)11-28-18/h2-10,23H,11H2,1H3,(H,22,24). The number of para-hydroxylation sites is 1. The molecule has 0 fully saturated rings. The summed E-state index contributed by atoms with van der Waals surface area (Å²) in [4.78, 5) is 11.5. The van der Waals surface area contributed by atoms with Crippen LogP contribution in [0.3, 0.4) is 0 Å². The van der Waals surface area contributed by atoms with Crippen LogP contribution in [0.2, 0.25) is 0 Å². The number of rotatable bonds is 4. The van der Waals surface area contributed by atoms with Gasteiger partial charge in [0.1, 0.15) is 22.7 Å². The second kappa shape index (κ2) is 6.67. The maximum absolute atomic E-state index is 13.0. The second-order valence-corrected chi connectivity index (χ2v) is 8.43. The molecule has 0 bridgehead atoms. The van der Waals surface area contributed by atoms with E-state index < -0.39 is 10.0 Å². The molecule has 8 nitrogen and oxygen atoms in total. The topological polar surface area (TPSA) is 107 Å². The Morgan fingerprint density at radius 3 is 2.70 bits per heavy atom. The first kappa shape index (κ1) is 18.3. The monoisotopic (exact) mass is 424 g/mol. The minimum absolute atomic E-state index is 0.0289. The number of furan rings is 1. The minimum Gasteiger partial charge on any atom is -0.495 e. The molecule has 9 heteroatoms. The second-order valence-electron chi connectivity index (χ2n) is 6.75. The van der Waals surface area contributed by atoms with Gasteiger partial charge in [0.05, 0.1) is 23.4 Å². The molecule has 4 aromatic rings. The number of methoxy groups -OCH3 is 1. The average Bonchev–Trinajstić information content (AvgIpc) is 3.09. The van der Waals surface area contributed by atoms with Crippen molar-refractivity contribution in [1.82, 2.24) is 0 Å². The van der Waals surface area contributed by atoms with Crippen molar-refractivity contribution in [3.05, 3.63) is 54.6 Å². The molecule has 0 radical (unpaired) electrons. The van der Waals surface area contributed by atoms with Crippen molar-refractivity contribution in [2.75, 3.05) is 23.8 Å². The quantitative estimate of drug-likeness (QED) is 0.517. The minimum atomic E-state index is -3.97. The lowest BCUT2D eigenvalue weighted by atomic mass is 10.1. The molecular formula is C21H16N2O6S. The van der Waals surface area contributed by atoms with Gasteiger partial charge in [-0.3, -0.25) is 9.52 Å². The fraction of sp³-hybridized carbons (Fsp3) is 0.0952. The molecule has 5 rings (SSSR count). The van der Waals surface area contributed by atoms with Gasteiger partial charge >= 0.3 is 0 Å². The van der Waals surface area contributed by atoms with Crippen molar-refractivity contribution in [2.45, 2.75) is 4.90 Å². The molecule has 2 heterocycles. The van der Waals surface area contributed by atoms with Crippen LogP contribution >= 0.6 is 0 Å². The normalized spacial score (nSPS) is 13.6. The average molecular weight is 424 g/mol. The van der Waals surface area contributed by atoms with Crippen molar-refractivity contribution in [1.29, 1.82) is 0 Å². The van der Waals surface area contributed by atoms with Crippen LogP contribution < -0.4 is 19.5 Å². The van der Waals surface area contributed by atoms with Gasteiger partial charge in [-0.2, -0.15) is 0 Å². The number of carbonyl (C=O) groups excluding carboxylic acids is 1. The van der Waals surface area contributed by atoms with Gasteiger partial charge in [-0.25, -0.2) is 8.42 Å². The van der Waals surface area contributed by atoms with Gasteiger partial charge in [0.2, 0.25) is 0 Å². The van der Waals surface area contributed by atoms with E-state index in [1.54, 1.807) is 12.1 Å². The fourth-order valence-electron chi connectivity index (χ4n) is 3.43. The van der Waals surface area contributed by atoms with Gasteiger partial charge in [0.25, 0.3) is 15.9 Å². The van der Waals surface area contributed by atoms with Crippen LogP contribution in [0.15, 0.2) is 63.9 Å².